The van der Waals surface area contributed by atoms with Crippen LogP contribution in [-0.4, -0.2) is 0 Å². The van der Waals surface area contributed by atoms with E-state index in [1.54, 1.807) is 24.3 Å². The van der Waals surface area contributed by atoms with Crippen molar-refractivity contribution in [3.8, 4) is 5.75 Å². The average molecular weight is 285 g/mol. The van der Waals surface area contributed by atoms with Crippen LogP contribution in [0, 0.1) is 5.82 Å². The Morgan fingerprint density at radius 1 is 1.06 bits per heavy atom. The zero-order valence-corrected chi connectivity index (χ0v) is 11.0. The van der Waals surface area contributed by atoms with Gasteiger partial charge >= 0.3 is 0 Å². The van der Waals surface area contributed by atoms with E-state index < -0.39 is 0 Å². The third kappa shape index (κ3) is 3.37. The summed E-state index contributed by atoms with van der Waals surface area (Å²) in [6.45, 7) is 0.275. The third-order valence-corrected chi connectivity index (χ3v) is 3.04. The number of hydrogen-bond donors (Lipinski definition) is 0. The maximum absolute atomic E-state index is 13.0. The van der Waals surface area contributed by atoms with Crippen LogP contribution in [0.15, 0.2) is 42.5 Å². The van der Waals surface area contributed by atoms with Crippen molar-refractivity contribution < 1.29 is 9.13 Å². The van der Waals surface area contributed by atoms with E-state index in [4.69, 9.17) is 27.9 Å². The van der Waals surface area contributed by atoms with E-state index in [2.05, 4.69) is 0 Å². The molecule has 0 saturated heterocycles. The summed E-state index contributed by atoms with van der Waals surface area (Å²) in [4.78, 5) is 0. The van der Waals surface area contributed by atoms with Crippen LogP contribution in [0.5, 0.6) is 5.75 Å². The highest BCUT2D eigenvalue weighted by molar-refractivity contribution is 6.32. The van der Waals surface area contributed by atoms with E-state index >= 15 is 0 Å². The molecular formula is C14H11Cl2FO. The third-order valence-electron chi connectivity index (χ3n) is 2.43. The van der Waals surface area contributed by atoms with Gasteiger partial charge in [0.1, 0.15) is 18.2 Å². The molecule has 18 heavy (non-hydrogen) atoms. The number of hydrogen-bond acceptors (Lipinski definition) is 1. The van der Waals surface area contributed by atoms with Crippen molar-refractivity contribution in [1.29, 1.82) is 0 Å². The number of halogens is 3. The van der Waals surface area contributed by atoms with Crippen LogP contribution < -0.4 is 4.74 Å². The first-order valence-corrected chi connectivity index (χ1v) is 6.32. The van der Waals surface area contributed by atoms with Gasteiger partial charge in [0, 0.05) is 5.88 Å². The van der Waals surface area contributed by atoms with Crippen molar-refractivity contribution >= 4 is 23.2 Å². The lowest BCUT2D eigenvalue weighted by Crippen LogP contribution is -1.96. The van der Waals surface area contributed by atoms with Gasteiger partial charge in [0.25, 0.3) is 0 Å². The Labute approximate surface area is 115 Å². The molecule has 0 aliphatic heterocycles. The molecule has 0 bridgehead atoms. The Morgan fingerprint density at radius 2 is 1.89 bits per heavy atom. The van der Waals surface area contributed by atoms with Gasteiger partial charge in [-0.2, -0.15) is 0 Å². The molecule has 4 heteroatoms. The lowest BCUT2D eigenvalue weighted by Gasteiger charge is -2.09. The normalized spacial score (nSPS) is 10.4. The summed E-state index contributed by atoms with van der Waals surface area (Å²) in [5, 5.41) is 0.504. The highest BCUT2D eigenvalue weighted by atomic mass is 35.5. The van der Waals surface area contributed by atoms with E-state index in [1.165, 1.54) is 12.1 Å². The summed E-state index contributed by atoms with van der Waals surface area (Å²) < 4.78 is 18.5. The van der Waals surface area contributed by atoms with Gasteiger partial charge in [0.05, 0.1) is 5.02 Å². The summed E-state index contributed by atoms with van der Waals surface area (Å²) in [5.41, 5.74) is 1.69. The minimum absolute atomic E-state index is 0.275. The van der Waals surface area contributed by atoms with Crippen LogP contribution >= 0.6 is 23.2 Å². The van der Waals surface area contributed by atoms with E-state index in [1.807, 2.05) is 6.07 Å². The van der Waals surface area contributed by atoms with E-state index in [9.17, 15) is 4.39 Å². The molecule has 2 aromatic rings. The second-order valence-corrected chi connectivity index (χ2v) is 4.49. The van der Waals surface area contributed by atoms with Gasteiger partial charge in [-0.1, -0.05) is 29.8 Å². The maximum Gasteiger partial charge on any atom is 0.138 e. The molecule has 0 spiro atoms. The maximum atomic E-state index is 13.0. The molecule has 1 nitrogen and oxygen atoms in total. The number of rotatable bonds is 4. The molecular weight excluding hydrogens is 274 g/mol. The minimum Gasteiger partial charge on any atom is -0.487 e. The molecule has 0 saturated carbocycles. The molecule has 94 valence electrons. The van der Waals surface area contributed by atoms with Gasteiger partial charge in [0.2, 0.25) is 0 Å². The topological polar surface area (TPSA) is 9.23 Å². The first kappa shape index (κ1) is 13.2. The minimum atomic E-state index is -0.278. The number of alkyl halides is 1. The second kappa shape index (κ2) is 6.07. The molecule has 2 rings (SSSR count). The zero-order chi connectivity index (χ0) is 13.0. The highest BCUT2D eigenvalue weighted by Crippen LogP contribution is 2.26. The van der Waals surface area contributed by atoms with Crippen LogP contribution in [0.25, 0.3) is 0 Å². The Kier molecular flexibility index (Phi) is 4.45. The van der Waals surface area contributed by atoms with Crippen LogP contribution in [0.2, 0.25) is 5.02 Å². The van der Waals surface area contributed by atoms with Gasteiger partial charge in [-0.15, -0.1) is 11.6 Å². The molecule has 0 N–H and O–H groups in total. The molecule has 2 aromatic carbocycles. The van der Waals surface area contributed by atoms with Gasteiger partial charge < -0.3 is 4.74 Å². The predicted octanol–water partition coefficient (Wildman–Crippen LogP) is 4.80. The Balaban J connectivity index is 2.06. The molecule has 0 fully saturated rings. The fourth-order valence-corrected chi connectivity index (χ4v) is 1.96. The van der Waals surface area contributed by atoms with E-state index in [0.717, 1.165) is 11.1 Å². The first-order valence-electron chi connectivity index (χ1n) is 5.40. The lowest BCUT2D eigenvalue weighted by molar-refractivity contribution is 0.305. The fourth-order valence-electron chi connectivity index (χ4n) is 1.53. The SMILES string of the molecule is Fc1cccc(COc2ccc(CCl)cc2Cl)c1. The Hall–Kier alpha value is -1.25. The smallest absolute Gasteiger partial charge is 0.138 e. The van der Waals surface area contributed by atoms with Crippen LogP contribution in [0.1, 0.15) is 11.1 Å². The molecule has 0 amide bonds. The van der Waals surface area contributed by atoms with Crippen LogP contribution in [-0.2, 0) is 12.5 Å². The number of benzene rings is 2. The summed E-state index contributed by atoms with van der Waals surface area (Å²) in [6, 6.07) is 11.6. The fraction of sp³-hybridized carbons (Fsp3) is 0.143. The Bertz CT molecular complexity index is 543. The molecule has 0 aliphatic rings. The van der Waals surface area contributed by atoms with Crippen LogP contribution in [0.4, 0.5) is 4.39 Å². The summed E-state index contributed by atoms with van der Waals surface area (Å²) >= 11 is 11.7. The molecule has 0 radical (unpaired) electrons. The predicted molar refractivity (Wildman–Crippen MR) is 71.7 cm³/mol. The van der Waals surface area contributed by atoms with E-state index in [0.29, 0.717) is 16.7 Å². The van der Waals surface area contributed by atoms with Gasteiger partial charge in [0.15, 0.2) is 0 Å². The summed E-state index contributed by atoms with van der Waals surface area (Å²) in [7, 11) is 0. The monoisotopic (exact) mass is 284 g/mol. The van der Waals surface area contributed by atoms with Gasteiger partial charge in [-0.05, 0) is 35.4 Å². The molecule has 0 atom stereocenters. The number of ether oxygens (including phenoxy) is 1. The van der Waals surface area contributed by atoms with Gasteiger partial charge in [-0.3, -0.25) is 0 Å². The van der Waals surface area contributed by atoms with Crippen molar-refractivity contribution in [2.24, 2.45) is 0 Å². The second-order valence-electron chi connectivity index (χ2n) is 3.82. The van der Waals surface area contributed by atoms with Gasteiger partial charge in [-0.25, -0.2) is 4.39 Å². The average Bonchev–Trinajstić information content (AvgIpc) is 2.37. The first-order chi connectivity index (χ1) is 8.69. The van der Waals surface area contributed by atoms with Crippen molar-refractivity contribution in [3.05, 3.63) is 64.4 Å². The lowest BCUT2D eigenvalue weighted by atomic mass is 10.2. The van der Waals surface area contributed by atoms with Crippen molar-refractivity contribution in [2.45, 2.75) is 12.5 Å². The molecule has 0 unspecified atom stereocenters. The standard InChI is InChI=1S/C14H11Cl2FO/c15-8-10-4-5-14(13(16)7-10)18-9-11-2-1-3-12(17)6-11/h1-7H,8-9H2. The molecule has 0 aliphatic carbocycles. The van der Waals surface area contributed by atoms with Crippen molar-refractivity contribution in [2.75, 3.05) is 0 Å². The molecule has 0 heterocycles. The van der Waals surface area contributed by atoms with Crippen molar-refractivity contribution in [1.82, 2.24) is 0 Å². The van der Waals surface area contributed by atoms with Crippen molar-refractivity contribution in [3.63, 3.8) is 0 Å². The quantitative estimate of drug-likeness (QED) is 0.733. The summed E-state index contributed by atoms with van der Waals surface area (Å²) in [5.74, 6) is 0.693. The molecule has 0 aromatic heterocycles. The zero-order valence-electron chi connectivity index (χ0n) is 9.50. The highest BCUT2D eigenvalue weighted by Gasteiger charge is 2.03. The summed E-state index contributed by atoms with van der Waals surface area (Å²) in [6.07, 6.45) is 0. The van der Waals surface area contributed by atoms with Crippen LogP contribution in [0.3, 0.4) is 0 Å². The largest absolute Gasteiger partial charge is 0.487 e. The van der Waals surface area contributed by atoms with E-state index in [-0.39, 0.29) is 12.4 Å². The Morgan fingerprint density at radius 3 is 2.56 bits per heavy atom.